The molecule has 0 saturated heterocycles. The fourth-order valence-electron chi connectivity index (χ4n) is 6.31. The first kappa shape index (κ1) is 18.6. The summed E-state index contributed by atoms with van der Waals surface area (Å²) in [5.41, 5.74) is 5.32. The number of benzene rings is 1. The zero-order valence-electron chi connectivity index (χ0n) is 17.4. The van der Waals surface area contributed by atoms with E-state index in [4.69, 9.17) is 5.10 Å². The SMILES string of the molecule is CCn1cc(/C=N\N=C2\CC[C@H]3[C@H]4CCc5cc(O)ccc5[C@@H]4CC[C@@]23C)cn1. The van der Waals surface area contributed by atoms with Gasteiger partial charge in [-0.2, -0.15) is 15.3 Å². The van der Waals surface area contributed by atoms with Crippen molar-refractivity contribution in [2.75, 3.05) is 0 Å². The van der Waals surface area contributed by atoms with Crippen molar-refractivity contribution in [3.8, 4) is 5.75 Å². The molecule has 3 aliphatic rings. The minimum atomic E-state index is 0.181. The number of aromatic hydroxyl groups is 1. The van der Waals surface area contributed by atoms with Crippen LogP contribution in [0.15, 0.2) is 40.8 Å². The summed E-state index contributed by atoms with van der Waals surface area (Å²) in [7, 11) is 0. The monoisotopic (exact) mass is 390 g/mol. The van der Waals surface area contributed by atoms with Crippen LogP contribution in [-0.4, -0.2) is 26.8 Å². The highest BCUT2D eigenvalue weighted by Gasteiger charge is 2.53. The Morgan fingerprint density at radius 2 is 2.17 bits per heavy atom. The van der Waals surface area contributed by atoms with E-state index >= 15 is 0 Å². The molecule has 0 unspecified atom stereocenters. The van der Waals surface area contributed by atoms with E-state index in [0.29, 0.717) is 17.6 Å². The van der Waals surface area contributed by atoms with Crippen molar-refractivity contribution in [2.45, 2.75) is 64.8 Å². The van der Waals surface area contributed by atoms with Gasteiger partial charge in [0.05, 0.1) is 12.4 Å². The van der Waals surface area contributed by atoms with Crippen molar-refractivity contribution in [1.82, 2.24) is 9.78 Å². The van der Waals surface area contributed by atoms with Gasteiger partial charge < -0.3 is 5.11 Å². The third kappa shape index (κ3) is 3.11. The van der Waals surface area contributed by atoms with E-state index in [1.54, 1.807) is 0 Å². The Hall–Kier alpha value is -2.43. The molecule has 152 valence electrons. The smallest absolute Gasteiger partial charge is 0.115 e. The predicted octanol–water partition coefficient (Wildman–Crippen LogP) is 4.94. The maximum Gasteiger partial charge on any atom is 0.115 e. The van der Waals surface area contributed by atoms with Crippen LogP contribution in [0.25, 0.3) is 0 Å². The van der Waals surface area contributed by atoms with Crippen molar-refractivity contribution < 1.29 is 5.11 Å². The van der Waals surface area contributed by atoms with Crippen LogP contribution in [0.1, 0.15) is 68.6 Å². The minimum Gasteiger partial charge on any atom is -0.508 e. The summed E-state index contributed by atoms with van der Waals surface area (Å²) in [4.78, 5) is 0. The molecular formula is C24H30N4O. The summed E-state index contributed by atoms with van der Waals surface area (Å²) in [5, 5.41) is 23.3. The summed E-state index contributed by atoms with van der Waals surface area (Å²) in [6.07, 6.45) is 12.7. The molecule has 5 rings (SSSR count). The first-order chi connectivity index (χ1) is 14.1. The summed E-state index contributed by atoms with van der Waals surface area (Å²) >= 11 is 0. The lowest BCUT2D eigenvalue weighted by Gasteiger charge is -2.49. The van der Waals surface area contributed by atoms with E-state index in [0.717, 1.165) is 30.9 Å². The quantitative estimate of drug-likeness (QED) is 0.596. The maximum absolute atomic E-state index is 9.86. The standard InChI is InChI=1S/C24H30N4O/c1-3-28-15-16(14-26-28)13-25-27-23-9-8-22-21-6-4-17-12-18(29)5-7-19(17)20(21)10-11-24(22,23)2/h5,7,12-15,20-22,29H,3-4,6,8-11H2,1-2H3/b25-13-,27-23-/t20-,21-,22-,24+/m0/s1. The van der Waals surface area contributed by atoms with E-state index in [-0.39, 0.29) is 5.41 Å². The fourth-order valence-corrected chi connectivity index (χ4v) is 6.31. The number of fused-ring (bicyclic) bond motifs is 5. The second-order valence-electron chi connectivity index (χ2n) is 9.21. The average molecular weight is 391 g/mol. The van der Waals surface area contributed by atoms with Crippen molar-refractivity contribution in [3.05, 3.63) is 47.3 Å². The van der Waals surface area contributed by atoms with E-state index in [1.165, 1.54) is 42.5 Å². The van der Waals surface area contributed by atoms with E-state index in [2.05, 4.69) is 30.1 Å². The van der Waals surface area contributed by atoms with Gasteiger partial charge in [0.15, 0.2) is 0 Å². The molecule has 2 fully saturated rings. The molecule has 0 radical (unpaired) electrons. The molecule has 2 saturated carbocycles. The van der Waals surface area contributed by atoms with Crippen molar-refractivity contribution in [1.29, 1.82) is 0 Å². The molecule has 0 aliphatic heterocycles. The zero-order valence-corrected chi connectivity index (χ0v) is 17.4. The van der Waals surface area contributed by atoms with Gasteiger partial charge in [-0.1, -0.05) is 13.0 Å². The Kier molecular flexibility index (Phi) is 4.56. The number of aromatic nitrogens is 2. The van der Waals surface area contributed by atoms with Crippen LogP contribution < -0.4 is 0 Å². The number of hydrogen-bond donors (Lipinski definition) is 1. The summed E-state index contributed by atoms with van der Waals surface area (Å²) in [6.45, 7) is 5.38. The zero-order chi connectivity index (χ0) is 20.0. The molecule has 1 N–H and O–H groups in total. The van der Waals surface area contributed by atoms with Crippen molar-refractivity contribution >= 4 is 11.9 Å². The van der Waals surface area contributed by atoms with Gasteiger partial charge in [-0.05, 0) is 86.5 Å². The topological polar surface area (TPSA) is 62.8 Å². The van der Waals surface area contributed by atoms with E-state index in [9.17, 15) is 5.11 Å². The molecule has 4 atom stereocenters. The second-order valence-corrected chi connectivity index (χ2v) is 9.21. The van der Waals surface area contributed by atoms with Crippen LogP contribution in [0.5, 0.6) is 5.75 Å². The largest absolute Gasteiger partial charge is 0.508 e. The Morgan fingerprint density at radius 3 is 3.00 bits per heavy atom. The van der Waals surface area contributed by atoms with Gasteiger partial charge in [-0.3, -0.25) is 4.68 Å². The number of hydrogen-bond acceptors (Lipinski definition) is 4. The minimum absolute atomic E-state index is 0.181. The molecular weight excluding hydrogens is 360 g/mol. The van der Waals surface area contributed by atoms with Crippen LogP contribution in [0, 0.1) is 17.3 Å². The molecule has 1 aromatic heterocycles. The van der Waals surface area contributed by atoms with Crippen LogP contribution in [-0.2, 0) is 13.0 Å². The summed E-state index contributed by atoms with van der Waals surface area (Å²) in [5.74, 6) is 2.46. The Bertz CT molecular complexity index is 975. The molecule has 1 heterocycles. The fraction of sp³-hybridized carbons (Fsp3) is 0.542. The average Bonchev–Trinajstić information content (AvgIpc) is 3.32. The molecule has 1 aromatic carbocycles. The van der Waals surface area contributed by atoms with Crippen LogP contribution in [0.4, 0.5) is 0 Å². The molecule has 29 heavy (non-hydrogen) atoms. The lowest BCUT2D eigenvalue weighted by molar-refractivity contribution is 0.0955. The van der Waals surface area contributed by atoms with Gasteiger partial charge in [0.2, 0.25) is 0 Å². The third-order valence-corrected chi connectivity index (χ3v) is 7.81. The highest BCUT2D eigenvalue weighted by atomic mass is 16.3. The van der Waals surface area contributed by atoms with Crippen LogP contribution in [0.3, 0.4) is 0 Å². The van der Waals surface area contributed by atoms with E-state index in [1.807, 2.05) is 35.4 Å². The van der Waals surface area contributed by atoms with Gasteiger partial charge in [-0.25, -0.2) is 0 Å². The lowest BCUT2D eigenvalue weighted by Crippen LogP contribution is -2.42. The molecule has 5 nitrogen and oxygen atoms in total. The molecule has 3 aliphatic carbocycles. The van der Waals surface area contributed by atoms with Crippen LogP contribution >= 0.6 is 0 Å². The molecule has 0 amide bonds. The number of phenolic OH excluding ortho intramolecular Hbond substituents is 1. The Morgan fingerprint density at radius 1 is 1.28 bits per heavy atom. The van der Waals surface area contributed by atoms with Gasteiger partial charge >= 0.3 is 0 Å². The number of nitrogens with zero attached hydrogens (tertiary/aromatic N) is 4. The Balaban J connectivity index is 1.37. The predicted molar refractivity (Wildman–Crippen MR) is 116 cm³/mol. The summed E-state index contributed by atoms with van der Waals surface area (Å²) in [6, 6.07) is 6.02. The highest BCUT2D eigenvalue weighted by Crippen LogP contribution is 2.60. The number of aryl methyl sites for hydroxylation is 2. The number of phenols is 1. The first-order valence-electron chi connectivity index (χ1n) is 11.0. The van der Waals surface area contributed by atoms with E-state index < -0.39 is 0 Å². The highest BCUT2D eigenvalue weighted by molar-refractivity contribution is 5.93. The maximum atomic E-state index is 9.86. The second kappa shape index (κ2) is 7.12. The molecule has 0 spiro atoms. The summed E-state index contributed by atoms with van der Waals surface area (Å²) < 4.78 is 1.91. The molecule has 0 bridgehead atoms. The third-order valence-electron chi connectivity index (χ3n) is 7.81. The molecule has 5 heteroatoms. The van der Waals surface area contributed by atoms with Gasteiger partial charge in [-0.15, -0.1) is 0 Å². The first-order valence-corrected chi connectivity index (χ1v) is 11.0. The van der Waals surface area contributed by atoms with Crippen LogP contribution in [0.2, 0.25) is 0 Å². The van der Waals surface area contributed by atoms with Gasteiger partial charge in [0.25, 0.3) is 0 Å². The normalized spacial score (nSPS) is 32.3. The Labute approximate surface area is 172 Å². The van der Waals surface area contributed by atoms with Crippen molar-refractivity contribution in [2.24, 2.45) is 27.5 Å². The van der Waals surface area contributed by atoms with Gasteiger partial charge in [0, 0.05) is 29.4 Å². The lowest BCUT2D eigenvalue weighted by atomic mass is 9.55. The van der Waals surface area contributed by atoms with Crippen molar-refractivity contribution in [3.63, 3.8) is 0 Å². The van der Waals surface area contributed by atoms with Gasteiger partial charge in [0.1, 0.15) is 5.75 Å². The number of rotatable bonds is 3. The molecule has 2 aromatic rings.